The van der Waals surface area contributed by atoms with Gasteiger partial charge in [-0.2, -0.15) is 0 Å². The quantitative estimate of drug-likeness (QED) is 0.563. The van der Waals surface area contributed by atoms with Crippen LogP contribution in [0, 0.1) is 0 Å². The number of nitrogens with two attached hydrogens (primary N) is 1. The third-order valence-corrected chi connectivity index (χ3v) is 0.700. The highest BCUT2D eigenvalue weighted by Gasteiger charge is 1.79. The first-order valence-corrected chi connectivity index (χ1v) is 2.59. The largest absolute Gasteiger partial charge is 0.402 e. The van der Waals surface area contributed by atoms with Crippen molar-refractivity contribution in [3.8, 4) is 0 Å². The van der Waals surface area contributed by atoms with E-state index in [-0.39, 0.29) is 5.83 Å². The lowest BCUT2D eigenvalue weighted by Gasteiger charge is -1.83. The molecule has 0 aliphatic carbocycles. The van der Waals surface area contributed by atoms with Crippen molar-refractivity contribution in [1.82, 2.24) is 0 Å². The second kappa shape index (κ2) is 3.89. The van der Waals surface area contributed by atoms with Gasteiger partial charge in [0.1, 0.15) is 5.83 Å². The van der Waals surface area contributed by atoms with E-state index in [1.165, 1.54) is 12.2 Å². The molecule has 0 unspecified atom stereocenters. The third-order valence-electron chi connectivity index (χ3n) is 0.700. The van der Waals surface area contributed by atoms with Crippen LogP contribution in [0.3, 0.4) is 0 Å². The first-order valence-electron chi connectivity index (χ1n) is 2.59. The zero-order valence-electron chi connectivity index (χ0n) is 5.39. The van der Waals surface area contributed by atoms with E-state index in [4.69, 9.17) is 5.73 Å². The number of halogens is 1. The summed E-state index contributed by atoms with van der Waals surface area (Å²) in [5, 5.41) is 0. The van der Waals surface area contributed by atoms with Crippen LogP contribution >= 0.6 is 0 Å². The minimum Gasteiger partial charge on any atom is -0.402 e. The minimum absolute atomic E-state index is 0.375. The summed E-state index contributed by atoms with van der Waals surface area (Å²) in [6, 6.07) is 0. The molecule has 0 saturated carbocycles. The molecular weight excluding hydrogens is 117 g/mol. The Labute approximate surface area is 54.4 Å². The Balaban J connectivity index is 3.98. The maximum atomic E-state index is 12.1. The van der Waals surface area contributed by atoms with Gasteiger partial charge in [0.15, 0.2) is 0 Å². The Morgan fingerprint density at radius 2 is 2.11 bits per heavy atom. The van der Waals surface area contributed by atoms with Gasteiger partial charge in [-0.25, -0.2) is 4.39 Å². The highest BCUT2D eigenvalue weighted by molar-refractivity contribution is 5.17. The smallest absolute Gasteiger partial charge is 0.122 e. The molecule has 0 radical (unpaired) electrons. The van der Waals surface area contributed by atoms with E-state index in [1.54, 1.807) is 6.92 Å². The molecule has 2 N–H and O–H groups in total. The fraction of sp³-hybridized carbons (Fsp3) is 0.143. The fourth-order valence-corrected chi connectivity index (χ4v) is 0.279. The van der Waals surface area contributed by atoms with Crippen LogP contribution in [0.15, 0.2) is 36.3 Å². The molecule has 0 saturated heterocycles. The summed E-state index contributed by atoms with van der Waals surface area (Å²) in [7, 11) is 0. The molecule has 0 heterocycles. The molecule has 0 aliphatic heterocycles. The van der Waals surface area contributed by atoms with Crippen LogP contribution in [0.2, 0.25) is 0 Å². The molecule has 0 fully saturated rings. The van der Waals surface area contributed by atoms with Crippen molar-refractivity contribution < 1.29 is 4.39 Å². The van der Waals surface area contributed by atoms with Gasteiger partial charge >= 0.3 is 0 Å². The van der Waals surface area contributed by atoms with Crippen molar-refractivity contribution in [3.05, 3.63) is 36.3 Å². The molecule has 1 nitrogen and oxygen atoms in total. The van der Waals surface area contributed by atoms with Crippen molar-refractivity contribution >= 4 is 0 Å². The van der Waals surface area contributed by atoms with E-state index >= 15 is 0 Å². The van der Waals surface area contributed by atoms with Crippen molar-refractivity contribution in [2.45, 2.75) is 6.92 Å². The van der Waals surface area contributed by atoms with Gasteiger partial charge in [-0.05, 0) is 25.2 Å². The van der Waals surface area contributed by atoms with Gasteiger partial charge in [-0.1, -0.05) is 6.58 Å². The number of allylic oxidation sites excluding steroid dienone is 5. The second-order valence-corrected chi connectivity index (χ2v) is 1.67. The van der Waals surface area contributed by atoms with Crippen LogP contribution in [0.4, 0.5) is 4.39 Å². The van der Waals surface area contributed by atoms with Crippen LogP contribution in [0.1, 0.15) is 6.92 Å². The van der Waals surface area contributed by atoms with Gasteiger partial charge in [0, 0.05) is 5.70 Å². The van der Waals surface area contributed by atoms with Crippen LogP contribution in [0.25, 0.3) is 0 Å². The molecule has 0 aromatic carbocycles. The van der Waals surface area contributed by atoms with Gasteiger partial charge in [-0.3, -0.25) is 0 Å². The molecular formula is C7H10FN. The monoisotopic (exact) mass is 127 g/mol. The highest BCUT2D eigenvalue weighted by atomic mass is 19.1. The molecule has 0 rings (SSSR count). The Kier molecular flexibility index (Phi) is 3.44. The summed E-state index contributed by atoms with van der Waals surface area (Å²) in [6.45, 7) is 4.91. The Morgan fingerprint density at radius 1 is 1.56 bits per heavy atom. The average molecular weight is 127 g/mol. The van der Waals surface area contributed by atoms with Gasteiger partial charge in [-0.15, -0.1) is 0 Å². The maximum absolute atomic E-state index is 12.1. The molecule has 2 heteroatoms. The number of hydrogen-bond donors (Lipinski definition) is 1. The molecule has 0 spiro atoms. The summed E-state index contributed by atoms with van der Waals surface area (Å²) < 4.78 is 12.1. The summed E-state index contributed by atoms with van der Waals surface area (Å²) >= 11 is 0. The SMILES string of the molecule is C=C/C(F)=C\C=C(\C)N. The van der Waals surface area contributed by atoms with Crippen molar-refractivity contribution in [2.24, 2.45) is 5.73 Å². The summed E-state index contributed by atoms with van der Waals surface area (Å²) in [5.41, 5.74) is 5.79. The third kappa shape index (κ3) is 4.81. The lowest BCUT2D eigenvalue weighted by Crippen LogP contribution is -1.87. The first-order chi connectivity index (χ1) is 4.16. The van der Waals surface area contributed by atoms with Crippen LogP contribution < -0.4 is 5.73 Å². The Morgan fingerprint density at radius 3 is 2.44 bits per heavy atom. The topological polar surface area (TPSA) is 26.0 Å². The van der Waals surface area contributed by atoms with Gasteiger partial charge in [0.25, 0.3) is 0 Å². The molecule has 0 aromatic rings. The highest BCUT2D eigenvalue weighted by Crippen LogP contribution is 1.96. The normalized spacial score (nSPS) is 13.6. The Bertz CT molecular complexity index is 152. The molecule has 9 heavy (non-hydrogen) atoms. The van der Waals surface area contributed by atoms with E-state index < -0.39 is 0 Å². The predicted molar refractivity (Wildman–Crippen MR) is 37.3 cm³/mol. The van der Waals surface area contributed by atoms with E-state index in [9.17, 15) is 4.39 Å². The predicted octanol–water partition coefficient (Wildman–Crippen LogP) is 1.89. The standard InChI is InChI=1S/C7H10FN/c1-3-7(8)5-4-6(2)9/h3-5H,1,9H2,2H3/b6-4-,7-5+. The maximum Gasteiger partial charge on any atom is 0.122 e. The van der Waals surface area contributed by atoms with E-state index in [1.807, 2.05) is 0 Å². The summed E-state index contributed by atoms with van der Waals surface area (Å²) in [5.74, 6) is -0.375. The lowest BCUT2D eigenvalue weighted by atomic mass is 10.4. The molecule has 0 aliphatic rings. The average Bonchev–Trinajstić information content (AvgIpc) is 1.83. The van der Waals surface area contributed by atoms with Gasteiger partial charge < -0.3 is 5.73 Å². The van der Waals surface area contributed by atoms with Gasteiger partial charge in [0.2, 0.25) is 0 Å². The molecule has 0 amide bonds. The zero-order valence-corrected chi connectivity index (χ0v) is 5.39. The van der Waals surface area contributed by atoms with E-state index in [0.717, 1.165) is 6.08 Å². The Hall–Kier alpha value is -1.05. The van der Waals surface area contributed by atoms with Crippen LogP contribution in [-0.4, -0.2) is 0 Å². The second-order valence-electron chi connectivity index (χ2n) is 1.67. The van der Waals surface area contributed by atoms with Crippen molar-refractivity contribution in [1.29, 1.82) is 0 Å². The van der Waals surface area contributed by atoms with E-state index in [2.05, 4.69) is 6.58 Å². The number of rotatable bonds is 2. The molecule has 0 atom stereocenters. The number of hydrogen-bond acceptors (Lipinski definition) is 1. The molecule has 50 valence electrons. The first kappa shape index (κ1) is 7.95. The zero-order chi connectivity index (χ0) is 7.28. The fourth-order valence-electron chi connectivity index (χ4n) is 0.279. The molecule has 0 aromatic heterocycles. The van der Waals surface area contributed by atoms with Crippen LogP contribution in [0.5, 0.6) is 0 Å². The summed E-state index contributed by atoms with van der Waals surface area (Å²) in [6.07, 6.45) is 3.87. The van der Waals surface area contributed by atoms with Gasteiger partial charge in [0.05, 0.1) is 0 Å². The van der Waals surface area contributed by atoms with Crippen molar-refractivity contribution in [3.63, 3.8) is 0 Å². The van der Waals surface area contributed by atoms with E-state index in [0.29, 0.717) is 5.70 Å². The molecule has 0 bridgehead atoms. The lowest BCUT2D eigenvalue weighted by molar-refractivity contribution is 0.667. The minimum atomic E-state index is -0.375. The van der Waals surface area contributed by atoms with Crippen molar-refractivity contribution in [2.75, 3.05) is 0 Å². The van der Waals surface area contributed by atoms with Crippen LogP contribution in [-0.2, 0) is 0 Å². The summed E-state index contributed by atoms with van der Waals surface area (Å²) in [4.78, 5) is 0.